The Hall–Kier alpha value is -4.23. The van der Waals surface area contributed by atoms with Gasteiger partial charge in [0.2, 0.25) is 5.91 Å². The van der Waals surface area contributed by atoms with Crippen molar-refractivity contribution in [2.24, 2.45) is 5.73 Å². The number of amides is 1. The van der Waals surface area contributed by atoms with Gasteiger partial charge < -0.3 is 20.7 Å². The van der Waals surface area contributed by atoms with Crippen LogP contribution in [0.2, 0.25) is 0 Å². The first-order chi connectivity index (χ1) is 19.6. The summed E-state index contributed by atoms with van der Waals surface area (Å²) in [4.78, 5) is 19.9. The number of nitrogens with zero attached hydrogens (tertiary/aromatic N) is 2. The minimum Gasteiger partial charge on any atom is -0.494 e. The Bertz CT molecular complexity index is 1680. The van der Waals surface area contributed by atoms with Gasteiger partial charge in [0.1, 0.15) is 28.6 Å². The number of fused-ring (bicyclic) bond motifs is 1. The largest absolute Gasteiger partial charge is 0.494 e. The van der Waals surface area contributed by atoms with Gasteiger partial charge in [-0.1, -0.05) is 0 Å². The maximum Gasteiger partial charge on any atom is 0.392 e. The molecule has 2 atom stereocenters. The molecule has 2 aromatic heterocycles. The summed E-state index contributed by atoms with van der Waals surface area (Å²) in [5.74, 6) is -3.96. The third-order valence-corrected chi connectivity index (χ3v) is 6.66. The Morgan fingerprint density at radius 2 is 1.69 bits per heavy atom. The van der Waals surface area contributed by atoms with E-state index in [0.717, 1.165) is 56.5 Å². The van der Waals surface area contributed by atoms with E-state index in [4.69, 9.17) is 10.5 Å². The van der Waals surface area contributed by atoms with Crippen molar-refractivity contribution < 1.29 is 46.1 Å². The highest BCUT2D eigenvalue weighted by molar-refractivity contribution is 5.99. The first-order valence-electron chi connectivity index (χ1n) is 12.5. The van der Waals surface area contributed by atoms with Gasteiger partial charge in [-0.3, -0.25) is 4.79 Å². The zero-order chi connectivity index (χ0) is 31.1. The van der Waals surface area contributed by atoms with Crippen LogP contribution in [-0.4, -0.2) is 45.5 Å². The molecule has 4 rings (SSSR count). The van der Waals surface area contributed by atoms with E-state index in [1.54, 1.807) is 0 Å². The second-order valence-corrected chi connectivity index (χ2v) is 9.88. The van der Waals surface area contributed by atoms with Crippen molar-refractivity contribution in [1.82, 2.24) is 9.97 Å². The van der Waals surface area contributed by atoms with Gasteiger partial charge in [-0.15, -0.1) is 0 Å². The second kappa shape index (κ2) is 11.2. The number of aromatic nitrogens is 2. The van der Waals surface area contributed by atoms with E-state index in [0.29, 0.717) is 0 Å². The monoisotopic (exact) mass is 593 g/mol. The quantitative estimate of drug-likeness (QED) is 0.241. The highest BCUT2D eigenvalue weighted by atomic mass is 19.4. The minimum atomic E-state index is -5.08. The fourth-order valence-electron chi connectivity index (χ4n) is 4.74. The zero-order valence-electron chi connectivity index (χ0n) is 22.5. The molecule has 42 heavy (non-hydrogen) atoms. The van der Waals surface area contributed by atoms with E-state index < -0.39 is 70.3 Å². The topological polar surface area (TPSA) is 119 Å². The molecule has 2 heterocycles. The number of ether oxygens (including phenoxy) is 1. The molecule has 1 amide bonds. The number of methoxy groups -OCH3 is 1. The molecule has 4 N–H and O–H groups in total. The number of aliphatic hydroxyl groups is 2. The van der Waals surface area contributed by atoms with Crippen molar-refractivity contribution in [3.05, 3.63) is 88.0 Å². The minimum absolute atomic E-state index is 0.0352. The van der Waals surface area contributed by atoms with E-state index >= 15 is 8.78 Å². The lowest BCUT2D eigenvalue weighted by atomic mass is 9.85. The Morgan fingerprint density at radius 3 is 2.24 bits per heavy atom. The van der Waals surface area contributed by atoms with Crippen molar-refractivity contribution in [3.8, 4) is 17.0 Å². The van der Waals surface area contributed by atoms with Gasteiger partial charge in [0.15, 0.2) is 11.4 Å². The summed E-state index contributed by atoms with van der Waals surface area (Å²) < 4.78 is 92.4. The number of benzene rings is 2. The molecule has 0 saturated heterocycles. The number of carbonyl (C=O) groups is 1. The number of hydrogen-bond acceptors (Lipinski definition) is 6. The lowest BCUT2D eigenvalue weighted by Gasteiger charge is -2.31. The Kier molecular flexibility index (Phi) is 8.20. The highest BCUT2D eigenvalue weighted by Crippen LogP contribution is 2.43. The van der Waals surface area contributed by atoms with Gasteiger partial charge >= 0.3 is 6.18 Å². The summed E-state index contributed by atoms with van der Waals surface area (Å²) in [6.07, 6.45) is -8.64. The fourth-order valence-corrected chi connectivity index (χ4v) is 4.74. The molecule has 0 aliphatic carbocycles. The van der Waals surface area contributed by atoms with Gasteiger partial charge in [-0.05, 0) is 61.9 Å². The lowest BCUT2D eigenvalue weighted by Crippen LogP contribution is -2.37. The smallest absolute Gasteiger partial charge is 0.392 e. The summed E-state index contributed by atoms with van der Waals surface area (Å²) in [6, 6.07) is 7.25. The first kappa shape index (κ1) is 30.7. The number of carbonyl (C=O) groups excluding carboxylic acids is 1. The number of aliphatic hydroxyl groups excluding tert-OH is 1. The number of rotatable bonds is 8. The van der Waals surface area contributed by atoms with Crippen LogP contribution in [-0.2, 0) is 12.0 Å². The highest BCUT2D eigenvalue weighted by Gasteiger charge is 2.48. The first-order valence-corrected chi connectivity index (χ1v) is 12.5. The second-order valence-electron chi connectivity index (χ2n) is 9.88. The average molecular weight is 594 g/mol. The predicted molar refractivity (Wildman–Crippen MR) is 140 cm³/mol. The molecule has 2 unspecified atom stereocenters. The van der Waals surface area contributed by atoms with Crippen LogP contribution in [0, 0.1) is 24.4 Å². The molecule has 0 spiro atoms. The van der Waals surface area contributed by atoms with Crippen LogP contribution in [0.25, 0.3) is 22.2 Å². The number of primary amides is 1. The average Bonchev–Trinajstić information content (AvgIpc) is 2.90. The maximum absolute atomic E-state index is 15.8. The Labute approximate surface area is 235 Å². The zero-order valence-corrected chi connectivity index (χ0v) is 22.5. The van der Waals surface area contributed by atoms with Crippen LogP contribution < -0.4 is 10.5 Å². The van der Waals surface area contributed by atoms with Gasteiger partial charge in [-0.25, -0.2) is 23.1 Å². The van der Waals surface area contributed by atoms with Crippen LogP contribution in [0.4, 0.5) is 26.3 Å². The van der Waals surface area contributed by atoms with Crippen molar-refractivity contribution in [3.63, 3.8) is 0 Å². The van der Waals surface area contributed by atoms with Gasteiger partial charge in [-0.2, -0.15) is 13.2 Å². The SMILES string of the molecule is COc1cc(C(N)=O)cc2c(F)c(C)c(C(O)(CC(F)(F)F)c3cc(CC(C)O)c(F)c(-c4ccc(F)cc4)n3)nc12. The van der Waals surface area contributed by atoms with Gasteiger partial charge in [0.25, 0.3) is 0 Å². The van der Waals surface area contributed by atoms with Crippen molar-refractivity contribution in [1.29, 1.82) is 0 Å². The summed E-state index contributed by atoms with van der Waals surface area (Å²) in [5, 5.41) is 21.5. The van der Waals surface area contributed by atoms with E-state index in [9.17, 15) is 32.6 Å². The van der Waals surface area contributed by atoms with Crippen LogP contribution >= 0.6 is 0 Å². The number of pyridine rings is 2. The van der Waals surface area contributed by atoms with Crippen molar-refractivity contribution in [2.45, 2.75) is 44.6 Å². The standard InChI is InChI=1S/C29H25F6N3O4/c1-13(39)8-16-11-21(37-24(23(16)32)15-4-6-18(30)7-5-15)28(41,12-29(33,34)35)26-14(2)22(31)19-9-17(27(36)40)10-20(42-3)25(19)38-26/h4-7,9-11,13,39,41H,8,12H2,1-3H3,(H2,36,40). The van der Waals surface area contributed by atoms with E-state index in [2.05, 4.69) is 9.97 Å². The van der Waals surface area contributed by atoms with Gasteiger partial charge in [0, 0.05) is 28.5 Å². The molecule has 0 saturated carbocycles. The van der Waals surface area contributed by atoms with E-state index in [-0.39, 0.29) is 39.8 Å². The Balaban J connectivity index is 2.10. The fraction of sp³-hybridized carbons (Fsp3) is 0.276. The normalized spacial score (nSPS) is 14.1. The molecular weight excluding hydrogens is 568 g/mol. The van der Waals surface area contributed by atoms with E-state index in [1.807, 2.05) is 0 Å². The molecule has 2 aromatic carbocycles. The van der Waals surface area contributed by atoms with Gasteiger partial charge in [0.05, 0.1) is 31.0 Å². The maximum atomic E-state index is 15.8. The summed E-state index contributed by atoms with van der Waals surface area (Å²) in [5.41, 5.74) is -1.33. The Morgan fingerprint density at radius 1 is 1.05 bits per heavy atom. The number of nitrogens with two attached hydrogens (primary N) is 1. The van der Waals surface area contributed by atoms with Crippen LogP contribution in [0.1, 0.15) is 46.2 Å². The van der Waals surface area contributed by atoms with Crippen molar-refractivity contribution in [2.75, 3.05) is 7.11 Å². The molecule has 222 valence electrons. The predicted octanol–water partition coefficient (Wildman–Crippen LogP) is 5.24. The number of alkyl halides is 3. The molecular formula is C29H25F6N3O4. The molecule has 13 heteroatoms. The lowest BCUT2D eigenvalue weighted by molar-refractivity contribution is -0.171. The third kappa shape index (κ3) is 5.88. The molecule has 0 bridgehead atoms. The van der Waals surface area contributed by atoms with E-state index in [1.165, 1.54) is 6.92 Å². The molecule has 0 aliphatic rings. The van der Waals surface area contributed by atoms with Crippen LogP contribution in [0.3, 0.4) is 0 Å². The molecule has 0 aliphatic heterocycles. The molecule has 0 radical (unpaired) electrons. The number of halogens is 6. The summed E-state index contributed by atoms with van der Waals surface area (Å²) in [7, 11) is 1.15. The number of hydrogen-bond donors (Lipinski definition) is 3. The third-order valence-electron chi connectivity index (χ3n) is 6.66. The molecule has 4 aromatic rings. The molecule has 0 fully saturated rings. The van der Waals surface area contributed by atoms with Crippen LogP contribution in [0.5, 0.6) is 5.75 Å². The van der Waals surface area contributed by atoms with Crippen molar-refractivity contribution >= 4 is 16.8 Å². The molecule has 7 nitrogen and oxygen atoms in total. The van der Waals surface area contributed by atoms with Crippen LogP contribution in [0.15, 0.2) is 42.5 Å². The summed E-state index contributed by atoms with van der Waals surface area (Å²) in [6.45, 7) is 2.39. The summed E-state index contributed by atoms with van der Waals surface area (Å²) >= 11 is 0.